The number of carboxylic acids is 1. The van der Waals surface area contributed by atoms with Crippen molar-refractivity contribution in [2.75, 3.05) is 23.8 Å². The van der Waals surface area contributed by atoms with E-state index in [1.807, 2.05) is 0 Å². The number of hydrogen-bond acceptors (Lipinski definition) is 5. The lowest BCUT2D eigenvalue weighted by molar-refractivity contribution is -0.114. The number of hydrogen-bond donors (Lipinski definition) is 3. The van der Waals surface area contributed by atoms with Crippen LogP contribution in [0.2, 0.25) is 0 Å². The number of nitrogens with zero attached hydrogens (tertiary/aromatic N) is 3. The van der Waals surface area contributed by atoms with Gasteiger partial charge in [0.2, 0.25) is 11.9 Å². The fraction of sp³-hybridized carbons (Fsp3) is 0.231. The van der Waals surface area contributed by atoms with Crippen LogP contribution in [0.15, 0.2) is 24.7 Å². The summed E-state index contributed by atoms with van der Waals surface area (Å²) in [6.07, 6.45) is 4.61. The number of H-pyrrole nitrogens is 1. The standard InChI is InChI=1S/C13H15N5O3/c1-8-11(12(20)21)9(6-16-8)17-10(19)7-18(2)13-14-4-3-5-15-13/h3-6,16H,7H2,1-2H3,(H,17,19)(H,20,21). The third-order valence-electron chi connectivity index (χ3n) is 2.84. The van der Waals surface area contributed by atoms with Gasteiger partial charge in [0.05, 0.1) is 12.2 Å². The number of anilines is 2. The number of carbonyl (C=O) groups is 2. The van der Waals surface area contributed by atoms with Gasteiger partial charge in [0.15, 0.2) is 0 Å². The highest BCUT2D eigenvalue weighted by molar-refractivity contribution is 6.02. The number of aryl methyl sites for hydroxylation is 1. The first kappa shape index (κ1) is 14.5. The van der Waals surface area contributed by atoms with Gasteiger partial charge < -0.3 is 20.3 Å². The third kappa shape index (κ3) is 3.35. The van der Waals surface area contributed by atoms with Crippen LogP contribution in [-0.2, 0) is 4.79 Å². The summed E-state index contributed by atoms with van der Waals surface area (Å²) in [4.78, 5) is 35.5. The molecule has 2 aromatic heterocycles. The van der Waals surface area contributed by atoms with Crippen LogP contribution in [0.1, 0.15) is 16.1 Å². The van der Waals surface area contributed by atoms with Gasteiger partial charge in [0, 0.05) is 31.3 Å². The number of carbonyl (C=O) groups excluding carboxylic acids is 1. The zero-order valence-electron chi connectivity index (χ0n) is 11.6. The molecule has 0 aliphatic rings. The van der Waals surface area contributed by atoms with Gasteiger partial charge in [-0.2, -0.15) is 0 Å². The number of carboxylic acid groups (broad SMARTS) is 1. The zero-order valence-corrected chi connectivity index (χ0v) is 11.6. The average molecular weight is 289 g/mol. The number of nitrogens with one attached hydrogen (secondary N) is 2. The fourth-order valence-corrected chi connectivity index (χ4v) is 1.87. The number of likely N-dealkylation sites (N-methyl/N-ethyl adjacent to an activating group) is 1. The van der Waals surface area contributed by atoms with E-state index in [4.69, 9.17) is 5.11 Å². The van der Waals surface area contributed by atoms with Crippen LogP contribution in [0.4, 0.5) is 11.6 Å². The lowest BCUT2D eigenvalue weighted by Crippen LogP contribution is -2.31. The topological polar surface area (TPSA) is 111 Å². The maximum atomic E-state index is 12.0. The minimum Gasteiger partial charge on any atom is -0.478 e. The Balaban J connectivity index is 2.04. The SMILES string of the molecule is Cc1[nH]cc(NC(=O)CN(C)c2ncccn2)c1C(=O)O. The molecular formula is C13H15N5O3. The largest absolute Gasteiger partial charge is 0.478 e. The summed E-state index contributed by atoms with van der Waals surface area (Å²) in [5.41, 5.74) is 0.784. The first-order chi connectivity index (χ1) is 9.99. The van der Waals surface area contributed by atoms with Gasteiger partial charge >= 0.3 is 5.97 Å². The van der Waals surface area contributed by atoms with E-state index in [2.05, 4.69) is 20.3 Å². The van der Waals surface area contributed by atoms with E-state index in [1.54, 1.807) is 37.3 Å². The van der Waals surface area contributed by atoms with Crippen LogP contribution in [0.25, 0.3) is 0 Å². The highest BCUT2D eigenvalue weighted by Crippen LogP contribution is 2.19. The highest BCUT2D eigenvalue weighted by Gasteiger charge is 2.18. The lowest BCUT2D eigenvalue weighted by Gasteiger charge is -2.15. The Kier molecular flexibility index (Phi) is 4.17. The molecule has 0 aromatic carbocycles. The van der Waals surface area contributed by atoms with Gasteiger partial charge in [0.1, 0.15) is 5.56 Å². The lowest BCUT2D eigenvalue weighted by atomic mass is 10.2. The molecule has 21 heavy (non-hydrogen) atoms. The summed E-state index contributed by atoms with van der Waals surface area (Å²) in [6, 6.07) is 1.68. The van der Waals surface area contributed by atoms with Crippen molar-refractivity contribution in [1.82, 2.24) is 15.0 Å². The van der Waals surface area contributed by atoms with E-state index in [1.165, 1.54) is 6.20 Å². The Bertz CT molecular complexity index is 653. The van der Waals surface area contributed by atoms with Crippen molar-refractivity contribution in [3.63, 3.8) is 0 Å². The molecule has 2 aromatic rings. The van der Waals surface area contributed by atoms with Gasteiger partial charge in [-0.05, 0) is 13.0 Å². The Morgan fingerprint density at radius 2 is 2.05 bits per heavy atom. The molecule has 0 saturated carbocycles. The molecule has 2 rings (SSSR count). The minimum atomic E-state index is -1.09. The van der Waals surface area contributed by atoms with Gasteiger partial charge in [0.25, 0.3) is 0 Å². The molecule has 0 bridgehead atoms. The second-order valence-corrected chi connectivity index (χ2v) is 4.46. The first-order valence-electron chi connectivity index (χ1n) is 6.18. The van der Waals surface area contributed by atoms with E-state index in [-0.39, 0.29) is 23.7 Å². The molecule has 8 heteroatoms. The van der Waals surface area contributed by atoms with Crippen molar-refractivity contribution in [2.45, 2.75) is 6.92 Å². The summed E-state index contributed by atoms with van der Waals surface area (Å²) in [6.45, 7) is 1.64. The molecule has 0 spiro atoms. The molecule has 1 amide bonds. The third-order valence-corrected chi connectivity index (χ3v) is 2.84. The van der Waals surface area contributed by atoms with Gasteiger partial charge in [-0.1, -0.05) is 0 Å². The summed E-state index contributed by atoms with van der Waals surface area (Å²) in [5.74, 6) is -1.04. The molecule has 0 fully saturated rings. The van der Waals surface area contributed by atoms with Crippen molar-refractivity contribution in [1.29, 1.82) is 0 Å². The predicted molar refractivity (Wildman–Crippen MR) is 76.4 cm³/mol. The van der Waals surface area contributed by atoms with Crippen LogP contribution in [0.5, 0.6) is 0 Å². The normalized spacial score (nSPS) is 10.2. The number of aromatic nitrogens is 3. The summed E-state index contributed by atoms with van der Waals surface area (Å²) >= 11 is 0. The van der Waals surface area contributed by atoms with Gasteiger partial charge in [-0.3, -0.25) is 4.79 Å². The highest BCUT2D eigenvalue weighted by atomic mass is 16.4. The maximum absolute atomic E-state index is 12.0. The van der Waals surface area contributed by atoms with E-state index < -0.39 is 5.97 Å². The molecule has 8 nitrogen and oxygen atoms in total. The summed E-state index contributed by atoms with van der Waals surface area (Å²) < 4.78 is 0. The first-order valence-corrected chi connectivity index (χ1v) is 6.18. The zero-order chi connectivity index (χ0) is 15.4. The Hall–Kier alpha value is -2.90. The van der Waals surface area contributed by atoms with Crippen molar-refractivity contribution >= 4 is 23.5 Å². The molecular weight excluding hydrogens is 274 g/mol. The molecule has 3 N–H and O–H groups in total. The van der Waals surface area contributed by atoms with Crippen molar-refractivity contribution in [3.8, 4) is 0 Å². The van der Waals surface area contributed by atoms with Crippen LogP contribution in [0, 0.1) is 6.92 Å². The van der Waals surface area contributed by atoms with E-state index >= 15 is 0 Å². The fourth-order valence-electron chi connectivity index (χ4n) is 1.87. The maximum Gasteiger partial charge on any atom is 0.339 e. The molecule has 0 radical (unpaired) electrons. The van der Waals surface area contributed by atoms with Crippen molar-refractivity contribution in [2.24, 2.45) is 0 Å². The quantitative estimate of drug-likeness (QED) is 0.753. The summed E-state index contributed by atoms with van der Waals surface area (Å²) in [5, 5.41) is 11.7. The van der Waals surface area contributed by atoms with Crippen LogP contribution in [0.3, 0.4) is 0 Å². The smallest absolute Gasteiger partial charge is 0.339 e. The minimum absolute atomic E-state index is 0.00724. The molecule has 0 aliphatic carbocycles. The Morgan fingerprint density at radius 1 is 1.38 bits per heavy atom. The van der Waals surface area contributed by atoms with Crippen molar-refractivity contribution in [3.05, 3.63) is 35.9 Å². The van der Waals surface area contributed by atoms with E-state index in [0.29, 0.717) is 11.6 Å². The Morgan fingerprint density at radius 3 is 2.67 bits per heavy atom. The van der Waals surface area contributed by atoms with Crippen LogP contribution >= 0.6 is 0 Å². The van der Waals surface area contributed by atoms with Crippen molar-refractivity contribution < 1.29 is 14.7 Å². The summed E-state index contributed by atoms with van der Waals surface area (Å²) in [7, 11) is 1.68. The monoisotopic (exact) mass is 289 g/mol. The number of rotatable bonds is 5. The van der Waals surface area contributed by atoms with Gasteiger partial charge in [-0.15, -0.1) is 0 Å². The van der Waals surface area contributed by atoms with Crippen LogP contribution in [-0.4, -0.2) is 45.5 Å². The van der Waals surface area contributed by atoms with Crippen LogP contribution < -0.4 is 10.2 Å². The second-order valence-electron chi connectivity index (χ2n) is 4.46. The number of aromatic carboxylic acids is 1. The molecule has 0 atom stereocenters. The molecule has 0 aliphatic heterocycles. The van der Waals surface area contributed by atoms with E-state index in [9.17, 15) is 9.59 Å². The predicted octanol–water partition coefficient (Wildman–Crippen LogP) is 0.886. The Labute approximate surface area is 120 Å². The van der Waals surface area contributed by atoms with Gasteiger partial charge in [-0.25, -0.2) is 14.8 Å². The van der Waals surface area contributed by atoms with E-state index in [0.717, 1.165) is 0 Å². The average Bonchev–Trinajstić information content (AvgIpc) is 2.80. The molecule has 0 saturated heterocycles. The molecule has 0 unspecified atom stereocenters. The molecule has 2 heterocycles. The molecule has 110 valence electrons. The second kappa shape index (κ2) is 6.04. The number of amides is 1. The number of aromatic amines is 1.